The van der Waals surface area contributed by atoms with Gasteiger partial charge in [-0.15, -0.1) is 6.58 Å². The van der Waals surface area contributed by atoms with Gasteiger partial charge >= 0.3 is 35.0 Å². The Labute approximate surface area is 373 Å². The Kier molecular flexibility index (Phi) is 15.7. The monoisotopic (exact) mass is 826 g/mol. The van der Waals surface area contributed by atoms with Crippen molar-refractivity contribution in [1.82, 2.24) is 9.97 Å². The van der Waals surface area contributed by atoms with Crippen LogP contribution >= 0.6 is 0 Å². The molecule has 0 spiro atoms. The molecule has 0 saturated carbocycles. The number of ether oxygens (including phenoxy) is 2. The number of aliphatic hydroxyl groups excluding tert-OH is 1. The molecule has 2 saturated heterocycles. The Morgan fingerprint density at radius 2 is 1.57 bits per heavy atom. The summed E-state index contributed by atoms with van der Waals surface area (Å²) in [5, 5.41) is 23.8. The van der Waals surface area contributed by atoms with Crippen LogP contribution in [0.15, 0.2) is 52.5 Å². The third kappa shape index (κ3) is 9.65. The molecule has 3 aliphatic heterocycles. The van der Waals surface area contributed by atoms with E-state index in [0.29, 0.717) is 22.6 Å². The number of aromatic nitrogens is 2. The second-order valence-electron chi connectivity index (χ2n) is 17.4. The standard InChI is InChI=1S/C50H66N4O5.Mg/c1-12-34-30(7)37-24-39-32(9)36(20-21-43(55)59-23-22-29(6)19-15-18-28(5)17-14-16-27(3)4)47(53-39)45-46(50(57)58-11)49(56)44-33(10)40(54-48(44)45)26-42-35(13-2)31(8)38(52-42)25-41(34)51-37;/h18,22,24-26,31-32,35-36,46-47,51,54,56H,3,12-17,19-21,23H2,1-2,4-11H3;/q-2;+2/b28-18+,29-22+,38-25-,39-24-,42-26-;/t31-,32+,35?,36+,46-,47?;/m1./s1. The summed E-state index contributed by atoms with van der Waals surface area (Å²) in [6, 6.07) is -0.506. The predicted octanol–water partition coefficient (Wildman–Crippen LogP) is 10.3. The largest absolute Gasteiger partial charge is 2.00 e. The van der Waals surface area contributed by atoms with E-state index in [4.69, 9.17) is 20.1 Å². The van der Waals surface area contributed by atoms with Crippen LogP contribution in [0.4, 0.5) is 0 Å². The number of hydrogen-bond acceptors (Lipinski definition) is 5. The van der Waals surface area contributed by atoms with E-state index in [9.17, 15) is 14.7 Å². The van der Waals surface area contributed by atoms with Gasteiger partial charge in [0.05, 0.1) is 7.11 Å². The van der Waals surface area contributed by atoms with E-state index >= 15 is 0 Å². The third-order valence-corrected chi connectivity index (χ3v) is 13.4. The molecule has 6 atom stereocenters. The first-order valence-electron chi connectivity index (χ1n) is 21.8. The van der Waals surface area contributed by atoms with Crippen molar-refractivity contribution in [2.24, 2.45) is 29.6 Å². The molecule has 0 aromatic carbocycles. The number of hydrogen-bond donors (Lipinski definition) is 3. The summed E-state index contributed by atoms with van der Waals surface area (Å²) in [6.45, 7) is 23.5. The number of esters is 2. The Morgan fingerprint density at radius 3 is 2.25 bits per heavy atom. The van der Waals surface area contributed by atoms with Crippen molar-refractivity contribution in [3.8, 4) is 0 Å². The summed E-state index contributed by atoms with van der Waals surface area (Å²) in [6.07, 6.45) is 18.4. The van der Waals surface area contributed by atoms with Crippen LogP contribution in [0.3, 0.4) is 0 Å². The van der Waals surface area contributed by atoms with Gasteiger partial charge < -0.3 is 35.2 Å². The van der Waals surface area contributed by atoms with E-state index in [2.05, 4.69) is 96.2 Å². The summed E-state index contributed by atoms with van der Waals surface area (Å²) in [4.78, 5) is 34.3. The molecule has 2 aromatic heterocycles. The quantitative estimate of drug-likeness (QED) is 0.0934. The number of carbonyl (C=O) groups is 2. The molecule has 0 amide bonds. The molecule has 5 heterocycles. The Balaban J connectivity index is 0.00000683. The fourth-order valence-electron chi connectivity index (χ4n) is 9.71. The first-order valence-corrected chi connectivity index (χ1v) is 21.8. The summed E-state index contributed by atoms with van der Waals surface area (Å²) in [5.74, 6) is -1.63. The number of allylic oxidation sites excluding steroid dienone is 7. The van der Waals surface area contributed by atoms with Crippen molar-refractivity contribution in [1.29, 1.82) is 0 Å². The van der Waals surface area contributed by atoms with Crippen LogP contribution in [0.25, 0.3) is 40.2 Å². The van der Waals surface area contributed by atoms with Crippen molar-refractivity contribution in [3.05, 3.63) is 108 Å². The van der Waals surface area contributed by atoms with E-state index in [1.807, 2.05) is 13.0 Å². The molecule has 1 aliphatic carbocycles. The normalized spacial score (nSPS) is 25.9. The molecule has 4 aliphatic rings. The molecular weight excluding hydrogens is 761 g/mol. The Hall–Kier alpha value is -4.15. The van der Waals surface area contributed by atoms with Crippen LogP contribution in [0.5, 0.6) is 0 Å². The molecule has 318 valence electrons. The minimum Gasteiger partial charge on any atom is -0.681 e. The van der Waals surface area contributed by atoms with Gasteiger partial charge in [-0.2, -0.15) is 17.1 Å². The number of nitrogens with zero attached hydrogens (tertiary/aromatic N) is 2. The number of H-pyrrole nitrogens is 2. The van der Waals surface area contributed by atoms with E-state index in [1.165, 1.54) is 35.0 Å². The van der Waals surface area contributed by atoms with E-state index in [-0.39, 0.29) is 71.5 Å². The van der Waals surface area contributed by atoms with Crippen LogP contribution < -0.4 is 10.6 Å². The van der Waals surface area contributed by atoms with Gasteiger partial charge in [0.15, 0.2) is 0 Å². The molecule has 9 nitrogen and oxygen atoms in total. The summed E-state index contributed by atoms with van der Waals surface area (Å²) in [7, 11) is 1.35. The topological polar surface area (TPSA) is 133 Å². The molecule has 8 bridgehead atoms. The van der Waals surface area contributed by atoms with Crippen molar-refractivity contribution >= 4 is 64.6 Å². The maximum absolute atomic E-state index is 13.6. The number of aliphatic hydroxyl groups is 1. The smallest absolute Gasteiger partial charge is 0.681 e. The van der Waals surface area contributed by atoms with Crippen molar-refractivity contribution in [2.75, 3.05) is 13.7 Å². The van der Waals surface area contributed by atoms with E-state index in [0.717, 1.165) is 84.7 Å². The summed E-state index contributed by atoms with van der Waals surface area (Å²) >= 11 is 0. The maximum Gasteiger partial charge on any atom is 2.00 e. The average molecular weight is 827 g/mol. The number of methoxy groups -OCH3 is 1. The van der Waals surface area contributed by atoms with Crippen LogP contribution in [0, 0.1) is 43.4 Å². The predicted molar refractivity (Wildman–Crippen MR) is 246 cm³/mol. The SMILES string of the molecule is C=C(C)CCC/C(C)=C/CC/C(C)=C/COC(=O)CC[C@@H]1C2[N-]/C(=C\c3[nH]c(c(CC)c3C)/C=C3\[N-]/C(=C\c4[nH]c5c(c4C)=C(O)[C@H](C(=O)OC)C=52)C(CC)[C@H]3C)[C@H]1C.[Mg+2]. The third-order valence-electron chi connectivity index (χ3n) is 13.4. The Bertz CT molecular complexity index is 2260. The van der Waals surface area contributed by atoms with Gasteiger partial charge in [-0.1, -0.05) is 81.2 Å². The first kappa shape index (κ1) is 46.9. The molecule has 2 aromatic rings. The molecule has 0 radical (unpaired) electrons. The fraction of sp³-hybridized carbons (Fsp3) is 0.520. The zero-order chi connectivity index (χ0) is 42.7. The van der Waals surface area contributed by atoms with E-state index in [1.54, 1.807) is 0 Å². The molecule has 6 rings (SSSR count). The number of fused-ring (bicyclic) bond motifs is 8. The van der Waals surface area contributed by atoms with Crippen LogP contribution in [-0.4, -0.2) is 69.8 Å². The van der Waals surface area contributed by atoms with Crippen LogP contribution in [-0.2, 0) is 25.5 Å². The second-order valence-corrected chi connectivity index (χ2v) is 17.4. The fourth-order valence-corrected chi connectivity index (χ4v) is 9.71. The van der Waals surface area contributed by atoms with Gasteiger partial charge in [-0.25, -0.2) is 0 Å². The summed E-state index contributed by atoms with van der Waals surface area (Å²) in [5.41, 5.74) is 13.6. The van der Waals surface area contributed by atoms with Gasteiger partial charge in [0.25, 0.3) is 0 Å². The van der Waals surface area contributed by atoms with Crippen LogP contribution in [0.1, 0.15) is 134 Å². The first-order chi connectivity index (χ1) is 28.2. The van der Waals surface area contributed by atoms with Gasteiger partial charge in [0.1, 0.15) is 18.3 Å². The Morgan fingerprint density at radius 1 is 0.883 bits per heavy atom. The molecule has 3 N–H and O–H groups in total. The number of nitrogens with one attached hydrogen (secondary N) is 2. The average Bonchev–Trinajstić information content (AvgIpc) is 3.94. The minimum absolute atomic E-state index is 0. The van der Waals surface area contributed by atoms with Crippen molar-refractivity contribution in [2.45, 2.75) is 126 Å². The molecule has 10 heteroatoms. The van der Waals surface area contributed by atoms with Crippen molar-refractivity contribution < 1.29 is 24.2 Å². The van der Waals surface area contributed by atoms with Gasteiger partial charge in [0.2, 0.25) is 0 Å². The number of rotatable bonds is 15. The summed E-state index contributed by atoms with van der Waals surface area (Å²) < 4.78 is 11.1. The molecule has 60 heavy (non-hydrogen) atoms. The molecule has 2 unspecified atom stereocenters. The zero-order valence-electron chi connectivity index (χ0n) is 37.8. The van der Waals surface area contributed by atoms with E-state index < -0.39 is 17.9 Å². The maximum atomic E-state index is 13.6. The van der Waals surface area contributed by atoms with Crippen molar-refractivity contribution in [3.63, 3.8) is 0 Å². The minimum atomic E-state index is -1.02. The van der Waals surface area contributed by atoms with Gasteiger partial charge in [-0.05, 0) is 132 Å². The second kappa shape index (κ2) is 20.1. The number of carbonyl (C=O) groups excluding carboxylic acids is 2. The van der Waals surface area contributed by atoms with Gasteiger partial charge in [-0.3, -0.25) is 9.59 Å². The zero-order valence-corrected chi connectivity index (χ0v) is 39.2. The molecular formula is C50H66MgN4O5. The van der Waals surface area contributed by atoms with Gasteiger partial charge in [0, 0.05) is 34.1 Å². The van der Waals surface area contributed by atoms with Crippen LogP contribution in [0.2, 0.25) is 0 Å². The molecule has 2 fully saturated rings. The number of aromatic amines is 2.